The molecule has 1 rings (SSSR count). The Morgan fingerprint density at radius 2 is 2.12 bits per heavy atom. The smallest absolute Gasteiger partial charge is 0.251 e. The van der Waals surface area contributed by atoms with Gasteiger partial charge < -0.3 is 0 Å². The van der Waals surface area contributed by atoms with Crippen molar-refractivity contribution in [2.45, 2.75) is 12.6 Å². The molecule has 5 heteroatoms. The largest absolute Gasteiger partial charge is 0.433 e. The van der Waals surface area contributed by atoms with E-state index < -0.39 is 11.9 Å². The van der Waals surface area contributed by atoms with Crippen LogP contribution in [0.5, 0.6) is 0 Å². The van der Waals surface area contributed by atoms with Crippen LogP contribution in [0.15, 0.2) is 42.5 Å². The van der Waals surface area contributed by atoms with Crippen LogP contribution in [0.1, 0.15) is 11.3 Å². The lowest BCUT2D eigenvalue weighted by Crippen LogP contribution is -2.07. The molecule has 0 radical (unpaired) electrons. The number of pyridine rings is 1. The maximum absolute atomic E-state index is 12.2. The van der Waals surface area contributed by atoms with E-state index >= 15 is 0 Å². The van der Waals surface area contributed by atoms with E-state index in [2.05, 4.69) is 11.6 Å². The Labute approximate surface area is 102 Å². The van der Waals surface area contributed by atoms with E-state index in [1.807, 2.05) is 11.5 Å². The lowest BCUT2D eigenvalue weighted by Gasteiger charge is -2.05. The molecular weight excluding hydrogens is 247 g/mol. The summed E-state index contributed by atoms with van der Waals surface area (Å²) in [6.07, 6.45) is 1.14. The van der Waals surface area contributed by atoms with Crippen LogP contribution in [0.4, 0.5) is 13.2 Å². The predicted molar refractivity (Wildman–Crippen MR) is 64.7 cm³/mol. The molecule has 0 aliphatic carbocycles. The van der Waals surface area contributed by atoms with Crippen LogP contribution < -0.4 is 0 Å². The molecule has 0 atom stereocenters. The number of nitrogens with zero attached hydrogens (tertiary/aromatic N) is 1. The summed E-state index contributed by atoms with van der Waals surface area (Å²) in [4.78, 5) is 3.38. The van der Waals surface area contributed by atoms with Crippen LogP contribution in [-0.4, -0.2) is 10.7 Å². The third-order valence-electron chi connectivity index (χ3n) is 1.88. The minimum absolute atomic E-state index is 0.579. The topological polar surface area (TPSA) is 12.9 Å². The van der Waals surface area contributed by atoms with Crippen molar-refractivity contribution in [1.82, 2.24) is 4.98 Å². The van der Waals surface area contributed by atoms with Gasteiger partial charge in [-0.15, -0.1) is 18.3 Å². The van der Waals surface area contributed by atoms with Crippen molar-refractivity contribution in [3.8, 4) is 0 Å². The zero-order chi connectivity index (χ0) is 12.7. The highest BCUT2D eigenvalue weighted by Gasteiger charge is 2.31. The quantitative estimate of drug-likeness (QED) is 0.584. The highest BCUT2D eigenvalue weighted by molar-refractivity contribution is 8.02. The van der Waals surface area contributed by atoms with Crippen LogP contribution in [0.25, 0.3) is 0 Å². The second-order valence-electron chi connectivity index (χ2n) is 3.25. The zero-order valence-electron chi connectivity index (χ0n) is 9.07. The fraction of sp³-hybridized carbons (Fsp3) is 0.250. The Morgan fingerprint density at radius 1 is 1.35 bits per heavy atom. The van der Waals surface area contributed by atoms with Crippen molar-refractivity contribution >= 4 is 11.8 Å². The molecule has 0 fully saturated rings. The van der Waals surface area contributed by atoms with Gasteiger partial charge in [0.15, 0.2) is 0 Å². The van der Waals surface area contributed by atoms with E-state index in [0.29, 0.717) is 6.42 Å². The van der Waals surface area contributed by atoms with E-state index in [1.54, 1.807) is 17.8 Å². The third kappa shape index (κ3) is 5.08. The number of allylic oxidation sites excluding steroid dienone is 1. The standard InChI is InChI=1S/C12H12F3NS/c1-2-7-17-8-3-4-10-5-6-11(16-9-10)12(13,14)15/h2-3,5-6,8-9H,1,4,7H2. The van der Waals surface area contributed by atoms with Gasteiger partial charge in [0.2, 0.25) is 0 Å². The van der Waals surface area contributed by atoms with Crippen LogP contribution in [0.2, 0.25) is 0 Å². The first-order chi connectivity index (χ1) is 8.04. The van der Waals surface area contributed by atoms with Crippen molar-refractivity contribution in [2.24, 2.45) is 0 Å². The van der Waals surface area contributed by atoms with Gasteiger partial charge in [-0.2, -0.15) is 13.2 Å². The molecule has 0 saturated carbocycles. The lowest BCUT2D eigenvalue weighted by atomic mass is 10.2. The summed E-state index contributed by atoms with van der Waals surface area (Å²) in [7, 11) is 0. The number of halogens is 3. The predicted octanol–water partition coefficient (Wildman–Crippen LogP) is 4.08. The summed E-state index contributed by atoms with van der Waals surface area (Å²) in [5, 5.41) is 1.90. The Kier molecular flexibility index (Phi) is 5.28. The summed E-state index contributed by atoms with van der Waals surface area (Å²) in [6, 6.07) is 2.44. The van der Waals surface area contributed by atoms with Crippen molar-refractivity contribution in [1.29, 1.82) is 0 Å². The highest BCUT2D eigenvalue weighted by Crippen LogP contribution is 2.27. The average Bonchev–Trinajstić information content (AvgIpc) is 2.28. The molecule has 0 unspecified atom stereocenters. The van der Waals surface area contributed by atoms with Crippen molar-refractivity contribution in [2.75, 3.05) is 5.75 Å². The maximum Gasteiger partial charge on any atom is 0.433 e. The van der Waals surface area contributed by atoms with Crippen molar-refractivity contribution in [3.05, 3.63) is 53.7 Å². The van der Waals surface area contributed by atoms with Gasteiger partial charge in [-0.3, -0.25) is 4.98 Å². The van der Waals surface area contributed by atoms with E-state index in [9.17, 15) is 13.2 Å². The SMILES string of the molecule is C=CCSC=CCc1ccc(C(F)(F)F)nc1. The Bertz CT molecular complexity index is 382. The second-order valence-corrected chi connectivity index (χ2v) is 4.19. The van der Waals surface area contributed by atoms with Crippen LogP contribution >= 0.6 is 11.8 Å². The van der Waals surface area contributed by atoms with Gasteiger partial charge in [0.1, 0.15) is 5.69 Å². The number of aromatic nitrogens is 1. The molecule has 92 valence electrons. The minimum Gasteiger partial charge on any atom is -0.251 e. The van der Waals surface area contributed by atoms with E-state index in [0.717, 1.165) is 17.4 Å². The molecular formula is C12H12F3NS. The van der Waals surface area contributed by atoms with Gasteiger partial charge >= 0.3 is 6.18 Å². The lowest BCUT2D eigenvalue weighted by molar-refractivity contribution is -0.141. The van der Waals surface area contributed by atoms with Crippen LogP contribution in [-0.2, 0) is 12.6 Å². The third-order valence-corrected chi connectivity index (χ3v) is 2.69. The molecule has 0 aliphatic heterocycles. The van der Waals surface area contributed by atoms with Gasteiger partial charge in [-0.05, 0) is 23.5 Å². The fourth-order valence-electron chi connectivity index (χ4n) is 1.09. The number of rotatable bonds is 5. The molecule has 0 bridgehead atoms. The Hall–Kier alpha value is -1.23. The van der Waals surface area contributed by atoms with E-state index in [1.165, 1.54) is 12.3 Å². The molecule has 0 saturated heterocycles. The summed E-state index contributed by atoms with van der Waals surface area (Å²) in [6.45, 7) is 3.58. The molecule has 0 spiro atoms. The normalized spacial score (nSPS) is 11.9. The number of hydrogen-bond acceptors (Lipinski definition) is 2. The molecule has 1 aromatic rings. The highest BCUT2D eigenvalue weighted by atomic mass is 32.2. The van der Waals surface area contributed by atoms with E-state index in [-0.39, 0.29) is 0 Å². The van der Waals surface area contributed by atoms with Gasteiger partial charge in [0, 0.05) is 11.9 Å². The van der Waals surface area contributed by atoms with Gasteiger partial charge in [-0.25, -0.2) is 0 Å². The number of alkyl halides is 3. The summed E-state index contributed by atoms with van der Waals surface area (Å²) >= 11 is 1.58. The average molecular weight is 259 g/mol. The van der Waals surface area contributed by atoms with Gasteiger partial charge in [0.05, 0.1) is 0 Å². The Morgan fingerprint density at radius 3 is 2.65 bits per heavy atom. The first-order valence-corrected chi connectivity index (χ1v) is 5.98. The zero-order valence-corrected chi connectivity index (χ0v) is 9.89. The Balaban J connectivity index is 2.51. The monoisotopic (exact) mass is 259 g/mol. The number of hydrogen-bond donors (Lipinski definition) is 0. The van der Waals surface area contributed by atoms with Gasteiger partial charge in [-0.1, -0.05) is 18.2 Å². The molecule has 0 amide bonds. The van der Waals surface area contributed by atoms with Crippen LogP contribution in [0, 0.1) is 0 Å². The van der Waals surface area contributed by atoms with Crippen molar-refractivity contribution in [3.63, 3.8) is 0 Å². The molecule has 1 aromatic heterocycles. The maximum atomic E-state index is 12.2. The minimum atomic E-state index is -4.37. The summed E-state index contributed by atoms with van der Waals surface area (Å²) in [5.74, 6) is 0.821. The molecule has 1 nitrogen and oxygen atoms in total. The first kappa shape index (κ1) is 13.8. The summed E-state index contributed by atoms with van der Waals surface area (Å²) in [5.41, 5.74) is -0.0975. The molecule has 0 aromatic carbocycles. The first-order valence-electron chi connectivity index (χ1n) is 4.93. The van der Waals surface area contributed by atoms with Crippen molar-refractivity contribution < 1.29 is 13.2 Å². The fourth-order valence-corrected chi connectivity index (χ4v) is 1.57. The molecule has 0 aliphatic rings. The summed E-state index contributed by atoms with van der Waals surface area (Å²) < 4.78 is 36.7. The van der Waals surface area contributed by atoms with E-state index in [4.69, 9.17) is 0 Å². The number of thioether (sulfide) groups is 1. The molecule has 1 heterocycles. The molecule has 0 N–H and O–H groups in total. The molecule has 17 heavy (non-hydrogen) atoms. The second kappa shape index (κ2) is 6.49. The van der Waals surface area contributed by atoms with Crippen LogP contribution in [0.3, 0.4) is 0 Å². The van der Waals surface area contributed by atoms with Gasteiger partial charge in [0.25, 0.3) is 0 Å².